The molecule has 0 amide bonds. The van der Waals surface area contributed by atoms with E-state index in [-0.39, 0.29) is 0 Å². The van der Waals surface area contributed by atoms with Crippen LogP contribution in [0.2, 0.25) is 0 Å². The molecule has 0 fully saturated rings. The zero-order valence-electron chi connectivity index (χ0n) is 18.1. The Kier molecular flexibility index (Phi) is 6.75. The van der Waals surface area contributed by atoms with Gasteiger partial charge in [0.1, 0.15) is 5.75 Å². The summed E-state index contributed by atoms with van der Waals surface area (Å²) in [6.45, 7) is 5.44. The fraction of sp³-hybridized carbons (Fsp3) is 0.231. The van der Waals surface area contributed by atoms with E-state index in [9.17, 15) is 0 Å². The molecule has 0 saturated carbocycles. The highest BCUT2D eigenvalue weighted by Crippen LogP contribution is 2.23. The second-order valence-corrected chi connectivity index (χ2v) is 7.87. The van der Waals surface area contributed by atoms with Crippen molar-refractivity contribution < 1.29 is 4.74 Å². The Bertz CT molecular complexity index is 1080. The van der Waals surface area contributed by atoms with Crippen LogP contribution in [0.25, 0.3) is 0 Å². The van der Waals surface area contributed by atoms with Crippen LogP contribution in [0.3, 0.4) is 0 Å². The second kappa shape index (κ2) is 10.0. The van der Waals surface area contributed by atoms with Crippen LogP contribution in [0.5, 0.6) is 5.75 Å². The highest BCUT2D eigenvalue weighted by atomic mass is 16.5. The van der Waals surface area contributed by atoms with E-state index in [0.717, 1.165) is 37.5 Å². The van der Waals surface area contributed by atoms with Gasteiger partial charge in [-0.2, -0.15) is 0 Å². The van der Waals surface area contributed by atoms with Gasteiger partial charge in [0.15, 0.2) is 0 Å². The lowest BCUT2D eigenvalue weighted by atomic mass is 10.1. The standard InChI is InChI=1S/C26H28N4O/c1-21-3-5-22(6-4-21)16-30(17-23-9-11-27-12-10-23)18-24-7-8-26(31-2)25(15-24)19-29-14-13-28-20-29/h3-15,20H,16-19H2,1-2H3. The molecule has 4 aromatic rings. The molecule has 0 atom stereocenters. The Morgan fingerprint density at radius 2 is 1.48 bits per heavy atom. The van der Waals surface area contributed by atoms with Gasteiger partial charge in [0.25, 0.3) is 0 Å². The van der Waals surface area contributed by atoms with Gasteiger partial charge in [0.2, 0.25) is 0 Å². The molecule has 0 spiro atoms. The maximum atomic E-state index is 5.60. The molecule has 0 aliphatic rings. The van der Waals surface area contributed by atoms with Crippen molar-refractivity contribution in [2.24, 2.45) is 0 Å². The van der Waals surface area contributed by atoms with Gasteiger partial charge >= 0.3 is 0 Å². The number of rotatable bonds is 9. The summed E-state index contributed by atoms with van der Waals surface area (Å²) in [5, 5.41) is 0. The zero-order chi connectivity index (χ0) is 21.5. The van der Waals surface area contributed by atoms with E-state index >= 15 is 0 Å². The number of aryl methyl sites for hydroxylation is 1. The number of aromatic nitrogens is 3. The zero-order valence-corrected chi connectivity index (χ0v) is 18.1. The highest BCUT2D eigenvalue weighted by molar-refractivity contribution is 5.37. The van der Waals surface area contributed by atoms with Crippen molar-refractivity contribution in [2.75, 3.05) is 7.11 Å². The molecule has 0 bridgehead atoms. The number of ether oxygens (including phenoxy) is 1. The lowest BCUT2D eigenvalue weighted by Crippen LogP contribution is -2.22. The molecule has 5 heteroatoms. The quantitative estimate of drug-likeness (QED) is 0.394. The summed E-state index contributed by atoms with van der Waals surface area (Å²) in [6.07, 6.45) is 9.32. The summed E-state index contributed by atoms with van der Waals surface area (Å²) in [7, 11) is 1.72. The first-order valence-corrected chi connectivity index (χ1v) is 10.5. The number of hydrogen-bond acceptors (Lipinski definition) is 4. The molecule has 0 radical (unpaired) electrons. The van der Waals surface area contributed by atoms with Crippen LogP contribution in [-0.2, 0) is 26.2 Å². The molecule has 0 N–H and O–H groups in total. The van der Waals surface area contributed by atoms with Gasteiger partial charge in [-0.05, 0) is 47.9 Å². The number of pyridine rings is 1. The third kappa shape index (κ3) is 5.80. The van der Waals surface area contributed by atoms with Crippen LogP contribution in [0.15, 0.2) is 85.7 Å². The molecule has 0 aliphatic heterocycles. The third-order valence-corrected chi connectivity index (χ3v) is 5.35. The summed E-state index contributed by atoms with van der Waals surface area (Å²) in [5.74, 6) is 0.900. The van der Waals surface area contributed by atoms with E-state index in [0.29, 0.717) is 0 Å². The van der Waals surface area contributed by atoms with Crippen molar-refractivity contribution in [1.29, 1.82) is 0 Å². The van der Waals surface area contributed by atoms with Gasteiger partial charge in [-0.15, -0.1) is 0 Å². The van der Waals surface area contributed by atoms with Crippen molar-refractivity contribution in [3.63, 3.8) is 0 Å². The topological polar surface area (TPSA) is 43.2 Å². The minimum Gasteiger partial charge on any atom is -0.496 e. The lowest BCUT2D eigenvalue weighted by Gasteiger charge is -2.23. The molecule has 2 aromatic heterocycles. The van der Waals surface area contributed by atoms with Crippen LogP contribution in [0, 0.1) is 6.92 Å². The third-order valence-electron chi connectivity index (χ3n) is 5.35. The molecule has 0 aliphatic carbocycles. The summed E-state index contributed by atoms with van der Waals surface area (Å²) in [4.78, 5) is 10.8. The second-order valence-electron chi connectivity index (χ2n) is 7.87. The van der Waals surface area contributed by atoms with E-state index < -0.39 is 0 Å². The van der Waals surface area contributed by atoms with Crippen LogP contribution >= 0.6 is 0 Å². The van der Waals surface area contributed by atoms with Gasteiger partial charge in [0, 0.05) is 50.0 Å². The van der Waals surface area contributed by atoms with E-state index in [1.54, 1.807) is 13.3 Å². The van der Waals surface area contributed by atoms with Gasteiger partial charge < -0.3 is 9.30 Å². The Morgan fingerprint density at radius 1 is 0.806 bits per heavy atom. The first-order valence-electron chi connectivity index (χ1n) is 10.5. The molecule has 5 nitrogen and oxygen atoms in total. The van der Waals surface area contributed by atoms with Gasteiger partial charge in [-0.1, -0.05) is 35.9 Å². The average Bonchev–Trinajstić information content (AvgIpc) is 3.29. The van der Waals surface area contributed by atoms with Crippen molar-refractivity contribution >= 4 is 0 Å². The van der Waals surface area contributed by atoms with Crippen LogP contribution in [0.1, 0.15) is 27.8 Å². The number of imidazole rings is 1. The smallest absolute Gasteiger partial charge is 0.123 e. The van der Waals surface area contributed by atoms with Gasteiger partial charge in [-0.3, -0.25) is 9.88 Å². The monoisotopic (exact) mass is 412 g/mol. The number of benzene rings is 2. The SMILES string of the molecule is COc1ccc(CN(Cc2ccncc2)Cc2ccc(C)cc2)cc1Cn1ccnc1. The van der Waals surface area contributed by atoms with E-state index in [4.69, 9.17) is 4.74 Å². The fourth-order valence-corrected chi connectivity index (χ4v) is 3.75. The minimum atomic E-state index is 0.735. The first kappa shape index (κ1) is 20.8. The summed E-state index contributed by atoms with van der Waals surface area (Å²) in [6, 6.07) is 19.4. The predicted octanol–water partition coefficient (Wildman–Crippen LogP) is 4.85. The minimum absolute atomic E-state index is 0.735. The summed E-state index contributed by atoms with van der Waals surface area (Å²) < 4.78 is 7.66. The van der Waals surface area contributed by atoms with Crippen LogP contribution in [0.4, 0.5) is 0 Å². The Morgan fingerprint density at radius 3 is 2.16 bits per heavy atom. The highest BCUT2D eigenvalue weighted by Gasteiger charge is 2.11. The summed E-state index contributed by atoms with van der Waals surface area (Å²) in [5.41, 5.74) is 6.26. The van der Waals surface area contributed by atoms with Crippen LogP contribution in [-0.4, -0.2) is 26.5 Å². The molecule has 158 valence electrons. The molecule has 31 heavy (non-hydrogen) atoms. The van der Waals surface area contributed by atoms with Crippen LogP contribution < -0.4 is 4.74 Å². The van der Waals surface area contributed by atoms with E-state index in [2.05, 4.69) is 81.0 Å². The number of hydrogen-bond donors (Lipinski definition) is 0. The number of methoxy groups -OCH3 is 1. The van der Waals surface area contributed by atoms with Gasteiger partial charge in [0.05, 0.1) is 20.0 Å². The van der Waals surface area contributed by atoms with E-state index in [1.807, 2.05) is 24.9 Å². The Hall–Kier alpha value is -3.44. The predicted molar refractivity (Wildman–Crippen MR) is 123 cm³/mol. The van der Waals surface area contributed by atoms with Crippen molar-refractivity contribution in [2.45, 2.75) is 33.1 Å². The van der Waals surface area contributed by atoms with Crippen molar-refractivity contribution in [3.05, 3.63) is 114 Å². The number of nitrogens with zero attached hydrogens (tertiary/aromatic N) is 4. The Labute approximate surface area is 184 Å². The molecular weight excluding hydrogens is 384 g/mol. The molecule has 0 saturated heterocycles. The van der Waals surface area contributed by atoms with Gasteiger partial charge in [-0.25, -0.2) is 4.98 Å². The molecular formula is C26H28N4O. The molecule has 4 rings (SSSR count). The fourth-order valence-electron chi connectivity index (χ4n) is 3.75. The lowest BCUT2D eigenvalue weighted by molar-refractivity contribution is 0.247. The van der Waals surface area contributed by atoms with Crippen molar-refractivity contribution in [1.82, 2.24) is 19.4 Å². The Balaban J connectivity index is 1.56. The summed E-state index contributed by atoms with van der Waals surface area (Å²) >= 11 is 0. The normalized spacial score (nSPS) is 11.1. The molecule has 0 unspecified atom stereocenters. The largest absolute Gasteiger partial charge is 0.496 e. The van der Waals surface area contributed by atoms with E-state index in [1.165, 1.54) is 22.3 Å². The maximum absolute atomic E-state index is 5.60. The maximum Gasteiger partial charge on any atom is 0.123 e. The molecule has 2 heterocycles. The molecule has 2 aromatic carbocycles. The van der Waals surface area contributed by atoms with Crippen molar-refractivity contribution in [3.8, 4) is 5.75 Å². The average molecular weight is 413 g/mol. The first-order chi connectivity index (χ1) is 15.2.